The molecule has 2 aromatic heterocycles. The zero-order valence-electron chi connectivity index (χ0n) is 12.3. The van der Waals surface area contributed by atoms with Crippen LogP contribution >= 0.6 is 0 Å². The van der Waals surface area contributed by atoms with Crippen LogP contribution in [0.1, 0.15) is 13.3 Å². The van der Waals surface area contributed by atoms with Gasteiger partial charge in [-0.1, -0.05) is 13.0 Å². The first-order chi connectivity index (χ1) is 11.0. The molecule has 1 N–H and O–H groups in total. The van der Waals surface area contributed by atoms with Gasteiger partial charge in [-0.15, -0.1) is 5.10 Å². The van der Waals surface area contributed by atoms with Crippen LogP contribution in [0.15, 0.2) is 30.5 Å². The third-order valence-electron chi connectivity index (χ3n) is 3.66. The number of rotatable bonds is 4. The van der Waals surface area contributed by atoms with Crippen LogP contribution < -0.4 is 0 Å². The molecular formula is C16H14F3N3O. The topological polar surface area (TPSA) is 50.9 Å². The summed E-state index contributed by atoms with van der Waals surface area (Å²) in [5.41, 5.74) is 1.38. The predicted molar refractivity (Wildman–Crippen MR) is 79.1 cm³/mol. The Morgan fingerprint density at radius 1 is 1.13 bits per heavy atom. The van der Waals surface area contributed by atoms with Gasteiger partial charge >= 0.3 is 0 Å². The Labute approximate surface area is 130 Å². The maximum Gasteiger partial charge on any atom is 0.258 e. The van der Waals surface area contributed by atoms with E-state index in [9.17, 15) is 18.3 Å². The van der Waals surface area contributed by atoms with Crippen LogP contribution in [0, 0.1) is 17.6 Å². The van der Waals surface area contributed by atoms with Gasteiger partial charge in [-0.05, 0) is 30.2 Å². The molecular weight excluding hydrogens is 307 g/mol. The lowest BCUT2D eigenvalue weighted by Gasteiger charge is -2.09. The minimum absolute atomic E-state index is 0.0691. The molecule has 1 aromatic carbocycles. The Morgan fingerprint density at radius 3 is 2.61 bits per heavy atom. The van der Waals surface area contributed by atoms with Gasteiger partial charge in [0, 0.05) is 11.8 Å². The summed E-state index contributed by atoms with van der Waals surface area (Å²) in [7, 11) is 0. The summed E-state index contributed by atoms with van der Waals surface area (Å²) in [6.07, 6.45) is 1.21. The maximum atomic E-state index is 13.8. The normalized spacial score (nSPS) is 12.7. The lowest BCUT2D eigenvalue weighted by Crippen LogP contribution is -2.15. The van der Waals surface area contributed by atoms with Gasteiger partial charge in [-0.3, -0.25) is 4.68 Å². The van der Waals surface area contributed by atoms with Crippen LogP contribution in [0.4, 0.5) is 13.2 Å². The van der Waals surface area contributed by atoms with Crippen molar-refractivity contribution in [3.63, 3.8) is 0 Å². The molecule has 0 saturated heterocycles. The molecule has 7 heteroatoms. The highest BCUT2D eigenvalue weighted by Crippen LogP contribution is 2.25. The molecule has 23 heavy (non-hydrogen) atoms. The number of nitrogens with zero attached hydrogens (tertiary/aromatic N) is 3. The molecule has 1 unspecified atom stereocenters. The molecule has 0 aliphatic rings. The highest BCUT2D eigenvalue weighted by atomic mass is 19.2. The monoisotopic (exact) mass is 321 g/mol. The average Bonchev–Trinajstić information content (AvgIpc) is 2.85. The van der Waals surface area contributed by atoms with E-state index in [4.69, 9.17) is 0 Å². The Kier molecular flexibility index (Phi) is 4.04. The van der Waals surface area contributed by atoms with Gasteiger partial charge in [0.1, 0.15) is 5.52 Å². The van der Waals surface area contributed by atoms with Gasteiger partial charge in [-0.2, -0.15) is 4.39 Å². The van der Waals surface area contributed by atoms with Crippen molar-refractivity contribution in [1.29, 1.82) is 0 Å². The van der Waals surface area contributed by atoms with E-state index < -0.39 is 23.7 Å². The van der Waals surface area contributed by atoms with E-state index in [0.717, 1.165) is 12.1 Å². The third-order valence-corrected chi connectivity index (χ3v) is 3.66. The molecule has 0 aliphatic carbocycles. The number of benzene rings is 1. The van der Waals surface area contributed by atoms with Crippen molar-refractivity contribution in [2.24, 2.45) is 0 Å². The maximum absolute atomic E-state index is 13.8. The van der Waals surface area contributed by atoms with Crippen molar-refractivity contribution in [2.75, 3.05) is 0 Å². The van der Waals surface area contributed by atoms with Crippen LogP contribution in [-0.2, 0) is 6.54 Å². The van der Waals surface area contributed by atoms with E-state index in [0.29, 0.717) is 23.1 Å². The predicted octanol–water partition coefficient (Wildman–Crippen LogP) is 3.29. The first kappa shape index (κ1) is 15.5. The zero-order valence-corrected chi connectivity index (χ0v) is 12.3. The molecule has 4 nitrogen and oxygen atoms in total. The van der Waals surface area contributed by atoms with Crippen molar-refractivity contribution >= 4 is 11.0 Å². The van der Waals surface area contributed by atoms with Gasteiger partial charge in [0.05, 0.1) is 18.2 Å². The van der Waals surface area contributed by atoms with Crippen molar-refractivity contribution in [1.82, 2.24) is 14.8 Å². The second-order valence-corrected chi connectivity index (χ2v) is 5.26. The van der Waals surface area contributed by atoms with Crippen molar-refractivity contribution in [3.05, 3.63) is 48.0 Å². The lowest BCUT2D eigenvalue weighted by molar-refractivity contribution is 0.146. The van der Waals surface area contributed by atoms with Crippen LogP contribution in [0.3, 0.4) is 0 Å². The minimum Gasteiger partial charge on any atom is -0.391 e. The molecule has 0 fully saturated rings. The van der Waals surface area contributed by atoms with Gasteiger partial charge in [0.15, 0.2) is 11.6 Å². The Balaban J connectivity index is 2.09. The number of hydrogen-bond donors (Lipinski definition) is 1. The quantitative estimate of drug-likeness (QED) is 0.802. The smallest absolute Gasteiger partial charge is 0.258 e. The summed E-state index contributed by atoms with van der Waals surface area (Å²) in [6, 6.07) is 5.08. The van der Waals surface area contributed by atoms with Crippen LogP contribution in [0.2, 0.25) is 0 Å². The fourth-order valence-electron chi connectivity index (χ4n) is 2.32. The summed E-state index contributed by atoms with van der Waals surface area (Å²) in [4.78, 5) is 4.01. The largest absolute Gasteiger partial charge is 0.391 e. The molecule has 2 heterocycles. The number of pyridine rings is 1. The zero-order chi connectivity index (χ0) is 16.6. The van der Waals surface area contributed by atoms with Crippen LogP contribution in [-0.4, -0.2) is 26.0 Å². The number of aliphatic hydroxyl groups excluding tert-OH is 1. The first-order valence-corrected chi connectivity index (χ1v) is 7.15. The molecule has 3 rings (SSSR count). The molecule has 0 amide bonds. The molecule has 120 valence electrons. The number of fused-ring (bicyclic) bond motifs is 1. The highest BCUT2D eigenvalue weighted by Gasteiger charge is 2.15. The SMILES string of the molecule is CCC(O)Cn1nc(F)c2ncc(-c3ccc(F)c(F)c3)cc21. The fourth-order valence-corrected chi connectivity index (χ4v) is 2.32. The molecule has 0 saturated carbocycles. The van der Waals surface area contributed by atoms with Crippen LogP contribution in [0.5, 0.6) is 0 Å². The second-order valence-electron chi connectivity index (χ2n) is 5.26. The number of aromatic nitrogens is 3. The van der Waals surface area contributed by atoms with Gasteiger partial charge in [0.25, 0.3) is 5.95 Å². The molecule has 0 radical (unpaired) electrons. The molecule has 0 spiro atoms. The van der Waals surface area contributed by atoms with Crippen molar-refractivity contribution in [3.8, 4) is 11.1 Å². The lowest BCUT2D eigenvalue weighted by atomic mass is 10.1. The van der Waals surface area contributed by atoms with Gasteiger partial charge in [0.2, 0.25) is 0 Å². The Bertz CT molecular complexity index is 863. The summed E-state index contributed by atoms with van der Waals surface area (Å²) in [5.74, 6) is -2.64. The summed E-state index contributed by atoms with van der Waals surface area (Å²) in [5, 5.41) is 13.5. The fraction of sp³-hybridized carbons (Fsp3) is 0.250. The van der Waals surface area contributed by atoms with E-state index in [2.05, 4.69) is 10.1 Å². The average molecular weight is 321 g/mol. The van der Waals surface area contributed by atoms with E-state index in [1.165, 1.54) is 16.9 Å². The minimum atomic E-state index is -0.969. The molecule has 3 aromatic rings. The molecule has 0 aliphatic heterocycles. The number of hydrogen-bond acceptors (Lipinski definition) is 3. The number of halogens is 3. The Hall–Kier alpha value is -2.41. The van der Waals surface area contributed by atoms with Crippen molar-refractivity contribution in [2.45, 2.75) is 26.0 Å². The van der Waals surface area contributed by atoms with E-state index in [1.807, 2.05) is 0 Å². The highest BCUT2D eigenvalue weighted by molar-refractivity contribution is 5.80. The molecule has 0 bridgehead atoms. The summed E-state index contributed by atoms with van der Waals surface area (Å²) < 4.78 is 41.6. The third kappa shape index (κ3) is 2.92. The number of aliphatic hydroxyl groups is 1. The molecule has 1 atom stereocenters. The standard InChI is InChI=1S/C16H14F3N3O/c1-2-11(23)8-22-14-6-10(7-20-15(14)16(19)21-22)9-3-4-12(17)13(18)5-9/h3-7,11,23H,2,8H2,1H3. The second kappa shape index (κ2) is 6.00. The first-order valence-electron chi connectivity index (χ1n) is 7.15. The summed E-state index contributed by atoms with van der Waals surface area (Å²) >= 11 is 0. The summed E-state index contributed by atoms with van der Waals surface area (Å²) in [6.45, 7) is 1.93. The van der Waals surface area contributed by atoms with Crippen LogP contribution in [0.25, 0.3) is 22.2 Å². The van der Waals surface area contributed by atoms with Gasteiger partial charge < -0.3 is 5.11 Å². The van der Waals surface area contributed by atoms with E-state index in [1.54, 1.807) is 13.0 Å². The Morgan fingerprint density at radius 2 is 1.91 bits per heavy atom. The van der Waals surface area contributed by atoms with E-state index >= 15 is 0 Å². The van der Waals surface area contributed by atoms with Gasteiger partial charge in [-0.25, -0.2) is 13.8 Å². The van der Waals surface area contributed by atoms with E-state index in [-0.39, 0.29) is 12.1 Å². The van der Waals surface area contributed by atoms with Crippen molar-refractivity contribution < 1.29 is 18.3 Å².